The third kappa shape index (κ3) is 3.87. The number of rotatable bonds is 4. The largest absolute Gasteiger partial charge is 0.481 e. The summed E-state index contributed by atoms with van der Waals surface area (Å²) < 4.78 is 14.3. The lowest BCUT2D eigenvalue weighted by Crippen LogP contribution is -2.49. The molecule has 3 unspecified atom stereocenters. The van der Waals surface area contributed by atoms with Gasteiger partial charge in [-0.2, -0.15) is 0 Å². The average Bonchev–Trinajstić information content (AvgIpc) is 2.49. The highest BCUT2D eigenvalue weighted by atomic mass is 35.5. The number of carbonyl (C=O) groups excluding carboxylic acids is 1. The monoisotopic (exact) mass is 356 g/mol. The molecule has 24 heavy (non-hydrogen) atoms. The van der Waals surface area contributed by atoms with Crippen LogP contribution in [0.4, 0.5) is 4.39 Å². The number of likely N-dealkylation sites (tertiary alicyclic amines) is 1. The molecule has 7 heteroatoms. The number of hydrogen-bond donors (Lipinski definition) is 1. The summed E-state index contributed by atoms with van der Waals surface area (Å²) in [5.41, 5.74) is 0.124. The van der Waals surface area contributed by atoms with Gasteiger partial charge in [0.2, 0.25) is 5.91 Å². The van der Waals surface area contributed by atoms with Gasteiger partial charge in [0, 0.05) is 23.7 Å². The summed E-state index contributed by atoms with van der Waals surface area (Å²) in [6, 6.07) is 3.41. The SMILES string of the molecule is CC1CC(C(=O)O)CN(C(=O)C(c2c(F)cccc2Cl)N(C)C)C1. The second kappa shape index (κ2) is 7.49. The van der Waals surface area contributed by atoms with E-state index in [2.05, 4.69) is 0 Å². The fraction of sp³-hybridized carbons (Fsp3) is 0.529. The molecule has 1 aromatic rings. The summed E-state index contributed by atoms with van der Waals surface area (Å²) >= 11 is 6.13. The van der Waals surface area contributed by atoms with Crippen LogP contribution in [0.15, 0.2) is 18.2 Å². The van der Waals surface area contributed by atoms with Gasteiger partial charge in [-0.25, -0.2) is 4.39 Å². The van der Waals surface area contributed by atoms with Gasteiger partial charge < -0.3 is 10.0 Å². The highest BCUT2D eigenvalue weighted by molar-refractivity contribution is 6.31. The zero-order valence-electron chi connectivity index (χ0n) is 14.0. The van der Waals surface area contributed by atoms with Gasteiger partial charge in [0.15, 0.2) is 0 Å². The molecule has 3 atom stereocenters. The predicted octanol–water partition coefficient (Wildman–Crippen LogP) is 2.65. The molecule has 1 fully saturated rings. The molecule has 1 aliphatic heterocycles. The minimum absolute atomic E-state index is 0.0719. The van der Waals surface area contributed by atoms with E-state index in [1.807, 2.05) is 6.92 Å². The van der Waals surface area contributed by atoms with Gasteiger partial charge in [0.25, 0.3) is 0 Å². The van der Waals surface area contributed by atoms with Crippen molar-refractivity contribution < 1.29 is 19.1 Å². The Labute approximate surface area is 146 Å². The van der Waals surface area contributed by atoms with Crippen LogP contribution in [0.2, 0.25) is 5.02 Å². The van der Waals surface area contributed by atoms with Crippen molar-refractivity contribution in [2.24, 2.45) is 11.8 Å². The van der Waals surface area contributed by atoms with Crippen LogP contribution in [0.3, 0.4) is 0 Å². The number of carboxylic acids is 1. The van der Waals surface area contributed by atoms with E-state index in [0.29, 0.717) is 13.0 Å². The van der Waals surface area contributed by atoms with E-state index in [1.165, 1.54) is 17.0 Å². The molecule has 1 aliphatic rings. The van der Waals surface area contributed by atoms with Gasteiger partial charge in [-0.15, -0.1) is 0 Å². The molecule has 0 aliphatic carbocycles. The van der Waals surface area contributed by atoms with Crippen molar-refractivity contribution in [1.29, 1.82) is 0 Å². The van der Waals surface area contributed by atoms with Gasteiger partial charge >= 0.3 is 5.97 Å². The first-order chi connectivity index (χ1) is 11.2. The molecule has 0 bridgehead atoms. The lowest BCUT2D eigenvalue weighted by Gasteiger charge is -2.38. The second-order valence-corrected chi connectivity index (χ2v) is 7.03. The van der Waals surface area contributed by atoms with E-state index in [1.54, 1.807) is 25.1 Å². The standard InChI is InChI=1S/C17H22ClFN2O3/c1-10-7-11(17(23)24)9-21(8-10)16(22)15(20(2)3)14-12(18)5-4-6-13(14)19/h4-6,10-11,15H,7-9H2,1-3H3,(H,23,24). The van der Waals surface area contributed by atoms with Gasteiger partial charge in [-0.05, 0) is 38.6 Å². The zero-order valence-corrected chi connectivity index (χ0v) is 14.8. The highest BCUT2D eigenvalue weighted by Crippen LogP contribution is 2.32. The number of likely N-dealkylation sites (N-methyl/N-ethyl adjacent to an activating group) is 1. The number of amides is 1. The normalized spacial score (nSPS) is 22.5. The Morgan fingerprint density at radius 1 is 1.38 bits per heavy atom. The summed E-state index contributed by atoms with van der Waals surface area (Å²) in [4.78, 5) is 27.5. The lowest BCUT2D eigenvalue weighted by atomic mass is 9.89. The van der Waals surface area contributed by atoms with E-state index in [9.17, 15) is 19.1 Å². The molecular weight excluding hydrogens is 335 g/mol. The number of piperidine rings is 1. The van der Waals surface area contributed by atoms with Crippen molar-refractivity contribution in [2.75, 3.05) is 27.2 Å². The summed E-state index contributed by atoms with van der Waals surface area (Å²) in [5.74, 6) is -2.32. The molecule has 0 aromatic heterocycles. The van der Waals surface area contributed by atoms with Crippen LogP contribution < -0.4 is 0 Å². The summed E-state index contributed by atoms with van der Waals surface area (Å²) in [5, 5.41) is 9.46. The topological polar surface area (TPSA) is 60.9 Å². The predicted molar refractivity (Wildman–Crippen MR) is 89.3 cm³/mol. The number of aliphatic carboxylic acids is 1. The Balaban J connectivity index is 2.34. The number of carbonyl (C=O) groups is 2. The number of halogens is 2. The van der Waals surface area contributed by atoms with Crippen molar-refractivity contribution >= 4 is 23.5 Å². The molecule has 1 amide bonds. The minimum atomic E-state index is -0.912. The van der Waals surface area contributed by atoms with Crippen LogP contribution in [0.25, 0.3) is 0 Å². The van der Waals surface area contributed by atoms with Crippen LogP contribution >= 0.6 is 11.6 Å². The number of nitrogens with zero attached hydrogens (tertiary/aromatic N) is 2. The van der Waals surface area contributed by atoms with Crippen molar-refractivity contribution in [3.8, 4) is 0 Å². The maximum Gasteiger partial charge on any atom is 0.308 e. The molecule has 0 radical (unpaired) electrons. The van der Waals surface area contributed by atoms with Crippen molar-refractivity contribution in [2.45, 2.75) is 19.4 Å². The number of hydrogen-bond acceptors (Lipinski definition) is 3. The van der Waals surface area contributed by atoms with Crippen LogP contribution in [-0.2, 0) is 9.59 Å². The van der Waals surface area contributed by atoms with E-state index >= 15 is 0 Å². The van der Waals surface area contributed by atoms with Crippen molar-refractivity contribution in [3.63, 3.8) is 0 Å². The molecule has 1 saturated heterocycles. The Hall–Kier alpha value is -1.66. The molecule has 1 heterocycles. The average molecular weight is 357 g/mol. The maximum atomic E-state index is 14.3. The molecule has 1 aromatic carbocycles. The van der Waals surface area contributed by atoms with Gasteiger partial charge in [-0.1, -0.05) is 24.6 Å². The molecule has 5 nitrogen and oxygen atoms in total. The zero-order chi connectivity index (χ0) is 18.0. The fourth-order valence-corrected chi connectivity index (χ4v) is 3.52. The molecule has 0 saturated carbocycles. The van der Waals surface area contributed by atoms with Crippen LogP contribution in [-0.4, -0.2) is 54.0 Å². The highest BCUT2D eigenvalue weighted by Gasteiger charge is 2.37. The molecule has 1 N–H and O–H groups in total. The third-order valence-electron chi connectivity index (χ3n) is 4.34. The Bertz CT molecular complexity index is 618. The summed E-state index contributed by atoms with van der Waals surface area (Å²) in [6.07, 6.45) is 0.534. The number of benzene rings is 1. The van der Waals surface area contributed by atoms with Gasteiger partial charge in [-0.3, -0.25) is 14.5 Å². The minimum Gasteiger partial charge on any atom is -0.481 e. The van der Waals surface area contributed by atoms with Gasteiger partial charge in [0.05, 0.1) is 5.92 Å². The Morgan fingerprint density at radius 2 is 2.04 bits per heavy atom. The van der Waals surface area contributed by atoms with E-state index in [4.69, 9.17) is 11.6 Å². The van der Waals surface area contributed by atoms with Crippen LogP contribution in [0, 0.1) is 17.7 Å². The van der Waals surface area contributed by atoms with E-state index < -0.39 is 23.7 Å². The molecule has 2 rings (SSSR count). The van der Waals surface area contributed by atoms with Crippen molar-refractivity contribution in [1.82, 2.24) is 9.80 Å². The first kappa shape index (κ1) is 18.7. The van der Waals surface area contributed by atoms with Gasteiger partial charge in [0.1, 0.15) is 11.9 Å². The lowest BCUT2D eigenvalue weighted by molar-refractivity contribution is -0.148. The molecule has 132 valence electrons. The first-order valence-corrected chi connectivity index (χ1v) is 8.22. The van der Waals surface area contributed by atoms with Crippen molar-refractivity contribution in [3.05, 3.63) is 34.6 Å². The quantitative estimate of drug-likeness (QED) is 0.901. The summed E-state index contributed by atoms with van der Waals surface area (Å²) in [7, 11) is 3.35. The summed E-state index contributed by atoms with van der Waals surface area (Å²) in [6.45, 7) is 2.50. The Kier molecular flexibility index (Phi) is 5.83. The third-order valence-corrected chi connectivity index (χ3v) is 4.67. The second-order valence-electron chi connectivity index (χ2n) is 6.62. The smallest absolute Gasteiger partial charge is 0.308 e. The fourth-order valence-electron chi connectivity index (χ4n) is 3.26. The van der Waals surface area contributed by atoms with E-state index in [-0.39, 0.29) is 29.0 Å². The molecule has 0 spiro atoms. The van der Waals surface area contributed by atoms with E-state index in [0.717, 1.165) is 0 Å². The molecular formula is C17H22ClFN2O3. The number of carboxylic acid groups (broad SMARTS) is 1. The van der Waals surface area contributed by atoms with Crippen LogP contribution in [0.1, 0.15) is 24.9 Å². The Morgan fingerprint density at radius 3 is 2.58 bits per heavy atom. The van der Waals surface area contributed by atoms with Crippen LogP contribution in [0.5, 0.6) is 0 Å². The maximum absolute atomic E-state index is 14.3. The first-order valence-electron chi connectivity index (χ1n) is 7.84.